The van der Waals surface area contributed by atoms with Gasteiger partial charge in [0.25, 0.3) is 0 Å². The van der Waals surface area contributed by atoms with Crippen LogP contribution in [0.2, 0.25) is 0 Å². The third kappa shape index (κ3) is 5.15. The molecule has 1 rings (SSSR count). The zero-order valence-electron chi connectivity index (χ0n) is 12.2. The summed E-state index contributed by atoms with van der Waals surface area (Å²) in [5.74, 6) is -0.935. The molecule has 2 N–H and O–H groups in total. The maximum absolute atomic E-state index is 12.1. The fourth-order valence-corrected chi connectivity index (χ4v) is 2.05. The molecule has 21 heavy (non-hydrogen) atoms. The molecule has 0 fully saturated rings. The van der Waals surface area contributed by atoms with Crippen molar-refractivity contribution < 1.29 is 14.7 Å². The summed E-state index contributed by atoms with van der Waals surface area (Å²) in [6.07, 6.45) is -0.0921. The van der Waals surface area contributed by atoms with Crippen LogP contribution < -0.4 is 5.32 Å². The van der Waals surface area contributed by atoms with Crippen molar-refractivity contribution >= 4 is 12.0 Å². The first-order valence-electron chi connectivity index (χ1n) is 6.73. The minimum absolute atomic E-state index is 0.0921. The Kier molecular flexibility index (Phi) is 6.21. The molecule has 6 nitrogen and oxygen atoms in total. The van der Waals surface area contributed by atoms with E-state index in [0.717, 1.165) is 5.56 Å². The Morgan fingerprint density at radius 3 is 2.76 bits per heavy atom. The summed E-state index contributed by atoms with van der Waals surface area (Å²) in [4.78, 5) is 24.3. The number of carbonyl (C=O) groups is 2. The second-order valence-corrected chi connectivity index (χ2v) is 4.70. The molecule has 2 amide bonds. The summed E-state index contributed by atoms with van der Waals surface area (Å²) in [7, 11) is 0. The van der Waals surface area contributed by atoms with E-state index in [2.05, 4.69) is 5.32 Å². The predicted octanol–water partition coefficient (Wildman–Crippen LogP) is 1.95. The van der Waals surface area contributed by atoms with Gasteiger partial charge in [0.05, 0.1) is 18.1 Å². The molecule has 0 aliphatic carbocycles. The van der Waals surface area contributed by atoms with Crippen molar-refractivity contribution in [3.63, 3.8) is 0 Å². The first kappa shape index (κ1) is 16.5. The Bertz CT molecular complexity index is 551. The maximum atomic E-state index is 12.1. The van der Waals surface area contributed by atoms with Gasteiger partial charge in [0.1, 0.15) is 0 Å². The Morgan fingerprint density at radius 1 is 1.48 bits per heavy atom. The van der Waals surface area contributed by atoms with E-state index in [-0.39, 0.29) is 18.5 Å². The number of nitrogens with one attached hydrogen (secondary N) is 1. The molecule has 6 heteroatoms. The lowest BCUT2D eigenvalue weighted by Gasteiger charge is -2.27. The summed E-state index contributed by atoms with van der Waals surface area (Å²) in [5.41, 5.74) is 1.36. The van der Waals surface area contributed by atoms with Gasteiger partial charge < -0.3 is 15.3 Å². The largest absolute Gasteiger partial charge is 0.481 e. The fourth-order valence-electron chi connectivity index (χ4n) is 2.05. The fraction of sp³-hybridized carbons (Fsp3) is 0.400. The molecule has 0 radical (unpaired) electrons. The van der Waals surface area contributed by atoms with Crippen LogP contribution in [0.1, 0.15) is 31.4 Å². The number of nitriles is 1. The summed E-state index contributed by atoms with van der Waals surface area (Å²) in [6, 6.07) is 8.32. The van der Waals surface area contributed by atoms with Gasteiger partial charge in [-0.05, 0) is 31.5 Å². The first-order valence-corrected chi connectivity index (χ1v) is 6.73. The molecule has 1 aromatic carbocycles. The second-order valence-electron chi connectivity index (χ2n) is 4.70. The Morgan fingerprint density at radius 2 is 2.19 bits per heavy atom. The average molecular weight is 289 g/mol. The van der Waals surface area contributed by atoms with Crippen LogP contribution in [0, 0.1) is 11.3 Å². The number of urea groups is 1. The van der Waals surface area contributed by atoms with E-state index < -0.39 is 5.97 Å². The van der Waals surface area contributed by atoms with E-state index >= 15 is 0 Å². The summed E-state index contributed by atoms with van der Waals surface area (Å²) in [6.45, 7) is 4.23. The molecule has 0 aliphatic rings. The molecule has 0 bridgehead atoms. The van der Waals surface area contributed by atoms with Crippen LogP contribution in [0.15, 0.2) is 24.3 Å². The second kappa shape index (κ2) is 7.90. The Hall–Kier alpha value is -2.55. The van der Waals surface area contributed by atoms with Crippen LogP contribution in [0.3, 0.4) is 0 Å². The monoisotopic (exact) mass is 289 g/mol. The topological polar surface area (TPSA) is 93.4 Å². The van der Waals surface area contributed by atoms with Gasteiger partial charge in [-0.3, -0.25) is 4.79 Å². The third-order valence-electron chi connectivity index (χ3n) is 3.10. The smallest absolute Gasteiger partial charge is 0.317 e. The molecule has 0 aromatic heterocycles. The molecular formula is C15H19N3O3. The van der Waals surface area contributed by atoms with Gasteiger partial charge in [-0.2, -0.15) is 5.26 Å². The highest BCUT2D eigenvalue weighted by molar-refractivity contribution is 5.75. The minimum atomic E-state index is -0.935. The molecule has 0 saturated heterocycles. The van der Waals surface area contributed by atoms with Crippen molar-refractivity contribution in [1.29, 1.82) is 5.26 Å². The highest BCUT2D eigenvalue weighted by Gasteiger charge is 2.20. The van der Waals surface area contributed by atoms with Crippen LogP contribution in [0.4, 0.5) is 4.79 Å². The lowest BCUT2D eigenvalue weighted by atomic mass is 10.1. The van der Waals surface area contributed by atoms with Crippen molar-refractivity contribution in [2.75, 3.05) is 6.54 Å². The molecule has 112 valence electrons. The van der Waals surface area contributed by atoms with E-state index in [9.17, 15) is 9.59 Å². The molecule has 0 aliphatic heterocycles. The van der Waals surface area contributed by atoms with Crippen molar-refractivity contribution in [2.24, 2.45) is 0 Å². The van der Waals surface area contributed by atoms with Crippen LogP contribution in [0.5, 0.6) is 0 Å². The standard InChI is InChI=1S/C15H19N3O3/c1-3-18(11(2)7-14(19)20)15(21)17-10-13-6-4-5-12(8-13)9-16/h4-6,8,11H,3,7,10H2,1-2H3,(H,17,21)(H,19,20). The predicted molar refractivity (Wildman–Crippen MR) is 77.5 cm³/mol. The minimum Gasteiger partial charge on any atom is -0.481 e. The van der Waals surface area contributed by atoms with Crippen molar-refractivity contribution in [3.8, 4) is 6.07 Å². The number of benzene rings is 1. The van der Waals surface area contributed by atoms with Crippen LogP contribution in [0.25, 0.3) is 0 Å². The number of hydrogen-bond acceptors (Lipinski definition) is 3. The first-order chi connectivity index (χ1) is 9.97. The number of nitrogens with zero attached hydrogens (tertiary/aromatic N) is 2. The van der Waals surface area contributed by atoms with Gasteiger partial charge in [0.2, 0.25) is 0 Å². The van der Waals surface area contributed by atoms with Gasteiger partial charge in [-0.25, -0.2) is 4.79 Å². The lowest BCUT2D eigenvalue weighted by Crippen LogP contribution is -2.45. The van der Waals surface area contributed by atoms with Gasteiger partial charge in [0, 0.05) is 19.1 Å². The van der Waals surface area contributed by atoms with E-state index in [0.29, 0.717) is 18.7 Å². The summed E-state index contributed by atoms with van der Waals surface area (Å²) < 4.78 is 0. The van der Waals surface area contributed by atoms with Crippen LogP contribution >= 0.6 is 0 Å². The average Bonchev–Trinajstić information content (AvgIpc) is 2.45. The highest BCUT2D eigenvalue weighted by Crippen LogP contribution is 2.07. The zero-order valence-corrected chi connectivity index (χ0v) is 12.2. The Balaban J connectivity index is 2.62. The number of amides is 2. The number of rotatable bonds is 6. The molecule has 1 aromatic rings. The van der Waals surface area contributed by atoms with Gasteiger partial charge in [-0.1, -0.05) is 12.1 Å². The molecule has 0 saturated carbocycles. The normalized spacial score (nSPS) is 11.3. The highest BCUT2D eigenvalue weighted by atomic mass is 16.4. The number of carboxylic acids is 1. The van der Waals surface area contributed by atoms with Crippen LogP contribution in [-0.4, -0.2) is 34.6 Å². The van der Waals surface area contributed by atoms with Gasteiger partial charge in [0.15, 0.2) is 0 Å². The Labute approximate surface area is 124 Å². The number of hydrogen-bond donors (Lipinski definition) is 2. The number of carbonyl (C=O) groups excluding carboxylic acids is 1. The molecular weight excluding hydrogens is 270 g/mol. The van der Waals surface area contributed by atoms with Crippen molar-refractivity contribution in [3.05, 3.63) is 35.4 Å². The molecule has 1 unspecified atom stereocenters. The third-order valence-corrected chi connectivity index (χ3v) is 3.10. The number of carboxylic acid groups (broad SMARTS) is 1. The van der Waals surface area contributed by atoms with E-state index in [1.807, 2.05) is 12.1 Å². The maximum Gasteiger partial charge on any atom is 0.317 e. The SMILES string of the molecule is CCN(C(=O)NCc1cccc(C#N)c1)C(C)CC(=O)O. The molecule has 1 atom stereocenters. The zero-order chi connectivity index (χ0) is 15.8. The van der Waals surface area contributed by atoms with Crippen LogP contribution in [-0.2, 0) is 11.3 Å². The summed E-state index contributed by atoms with van der Waals surface area (Å²) in [5, 5.41) is 20.3. The van der Waals surface area contributed by atoms with Crippen molar-refractivity contribution in [1.82, 2.24) is 10.2 Å². The quantitative estimate of drug-likeness (QED) is 0.837. The lowest BCUT2D eigenvalue weighted by molar-refractivity contribution is -0.138. The van der Waals surface area contributed by atoms with Crippen molar-refractivity contribution in [2.45, 2.75) is 32.9 Å². The molecule has 0 spiro atoms. The van der Waals surface area contributed by atoms with Gasteiger partial charge >= 0.3 is 12.0 Å². The van der Waals surface area contributed by atoms with E-state index in [4.69, 9.17) is 10.4 Å². The van der Waals surface area contributed by atoms with E-state index in [1.54, 1.807) is 32.0 Å². The van der Waals surface area contributed by atoms with E-state index in [1.165, 1.54) is 4.90 Å². The number of aliphatic carboxylic acids is 1. The molecule has 0 heterocycles. The summed E-state index contributed by atoms with van der Waals surface area (Å²) >= 11 is 0. The van der Waals surface area contributed by atoms with Gasteiger partial charge in [-0.15, -0.1) is 0 Å².